The van der Waals surface area contributed by atoms with Gasteiger partial charge in [0.05, 0.1) is 6.61 Å². The fourth-order valence-electron chi connectivity index (χ4n) is 3.55. The summed E-state index contributed by atoms with van der Waals surface area (Å²) in [5.41, 5.74) is 2.96. The maximum absolute atomic E-state index is 12.2. The van der Waals surface area contributed by atoms with Crippen LogP contribution < -0.4 is 10.2 Å². The number of carbonyl (C=O) groups is 1. The lowest BCUT2D eigenvalue weighted by molar-refractivity contribution is 0.0951. The maximum atomic E-state index is 12.2. The van der Waals surface area contributed by atoms with E-state index in [4.69, 9.17) is 5.11 Å². The molecule has 1 aromatic carbocycles. The standard InChI is InChI=1S/C21H25N3O2/c25-14-16-3-1-15(2-4-16)11-17-8-10-24(13-17)20-12-18(7-9-22-20)21(26)23-19-5-6-19/h1-4,7,9,12,17,19,25H,5-6,8,10-11,13-14H2,(H,23,26). The molecule has 26 heavy (non-hydrogen) atoms. The molecule has 5 nitrogen and oxygen atoms in total. The van der Waals surface area contributed by atoms with Crippen molar-refractivity contribution in [3.05, 3.63) is 59.3 Å². The summed E-state index contributed by atoms with van der Waals surface area (Å²) in [4.78, 5) is 19.0. The van der Waals surface area contributed by atoms with Crippen LogP contribution in [0.2, 0.25) is 0 Å². The Bertz CT molecular complexity index is 771. The van der Waals surface area contributed by atoms with Crippen LogP contribution in [-0.2, 0) is 13.0 Å². The molecule has 2 N–H and O–H groups in total. The number of amides is 1. The first-order valence-electron chi connectivity index (χ1n) is 9.42. The van der Waals surface area contributed by atoms with Gasteiger partial charge >= 0.3 is 0 Å². The van der Waals surface area contributed by atoms with E-state index in [9.17, 15) is 4.79 Å². The predicted octanol–water partition coefficient (Wildman–Crippen LogP) is 2.54. The number of aliphatic hydroxyl groups excluding tert-OH is 1. The van der Waals surface area contributed by atoms with Crippen molar-refractivity contribution in [1.29, 1.82) is 0 Å². The Morgan fingerprint density at radius 1 is 1.15 bits per heavy atom. The van der Waals surface area contributed by atoms with Crippen molar-refractivity contribution in [1.82, 2.24) is 10.3 Å². The summed E-state index contributed by atoms with van der Waals surface area (Å²) in [7, 11) is 0. The first kappa shape index (κ1) is 17.0. The van der Waals surface area contributed by atoms with Gasteiger partial charge < -0.3 is 15.3 Å². The number of anilines is 1. The van der Waals surface area contributed by atoms with Crippen molar-refractivity contribution in [2.45, 2.75) is 38.3 Å². The number of hydrogen-bond donors (Lipinski definition) is 2. The third-order valence-electron chi connectivity index (χ3n) is 5.26. The van der Waals surface area contributed by atoms with Gasteiger partial charge in [0.2, 0.25) is 0 Å². The van der Waals surface area contributed by atoms with Crippen LogP contribution in [0, 0.1) is 5.92 Å². The minimum absolute atomic E-state index is 0.0101. The minimum atomic E-state index is 0.0101. The van der Waals surface area contributed by atoms with Crippen LogP contribution >= 0.6 is 0 Å². The van der Waals surface area contributed by atoms with Gasteiger partial charge in [-0.25, -0.2) is 4.98 Å². The number of aliphatic hydroxyl groups is 1. The molecule has 136 valence electrons. The summed E-state index contributed by atoms with van der Waals surface area (Å²) >= 11 is 0. The van der Waals surface area contributed by atoms with Gasteiger partial charge in [-0.05, 0) is 54.9 Å². The lowest BCUT2D eigenvalue weighted by Crippen LogP contribution is -2.26. The van der Waals surface area contributed by atoms with Gasteiger partial charge in [0, 0.05) is 30.9 Å². The van der Waals surface area contributed by atoms with Crippen molar-refractivity contribution in [3.8, 4) is 0 Å². The highest BCUT2D eigenvalue weighted by Gasteiger charge is 2.26. The van der Waals surface area contributed by atoms with Gasteiger partial charge in [-0.2, -0.15) is 0 Å². The highest BCUT2D eigenvalue weighted by Crippen LogP contribution is 2.26. The van der Waals surface area contributed by atoms with Crippen molar-refractivity contribution in [2.75, 3.05) is 18.0 Å². The predicted molar refractivity (Wildman–Crippen MR) is 101 cm³/mol. The maximum Gasteiger partial charge on any atom is 0.251 e. The van der Waals surface area contributed by atoms with Gasteiger partial charge in [0.15, 0.2) is 0 Å². The number of nitrogens with one attached hydrogen (secondary N) is 1. The number of rotatable bonds is 6. The van der Waals surface area contributed by atoms with Gasteiger partial charge in [0.1, 0.15) is 5.82 Å². The topological polar surface area (TPSA) is 65.5 Å². The molecule has 1 amide bonds. The number of nitrogens with zero attached hydrogens (tertiary/aromatic N) is 2. The highest BCUT2D eigenvalue weighted by atomic mass is 16.3. The summed E-state index contributed by atoms with van der Waals surface area (Å²) in [5, 5.41) is 12.2. The summed E-state index contributed by atoms with van der Waals surface area (Å²) in [6, 6.07) is 12.3. The second-order valence-corrected chi connectivity index (χ2v) is 7.43. The van der Waals surface area contributed by atoms with E-state index in [1.165, 1.54) is 5.56 Å². The zero-order chi connectivity index (χ0) is 17.9. The Kier molecular flexibility index (Phi) is 4.89. The third kappa shape index (κ3) is 4.05. The van der Waals surface area contributed by atoms with Crippen LogP contribution in [-0.4, -0.2) is 35.1 Å². The molecule has 1 unspecified atom stereocenters. The van der Waals surface area contributed by atoms with Crippen molar-refractivity contribution in [2.24, 2.45) is 5.92 Å². The third-order valence-corrected chi connectivity index (χ3v) is 5.26. The molecule has 1 aromatic heterocycles. The molecule has 1 atom stereocenters. The first-order chi connectivity index (χ1) is 12.7. The molecule has 1 aliphatic carbocycles. The number of aromatic nitrogens is 1. The summed E-state index contributed by atoms with van der Waals surface area (Å²) in [6.45, 7) is 2.02. The van der Waals surface area contributed by atoms with E-state index in [1.54, 1.807) is 12.3 Å². The zero-order valence-corrected chi connectivity index (χ0v) is 14.9. The SMILES string of the molecule is O=C(NC1CC1)c1ccnc(N2CCC(Cc3ccc(CO)cc3)C2)c1. The average molecular weight is 351 g/mol. The van der Waals surface area contributed by atoms with Crippen LogP contribution in [0.15, 0.2) is 42.6 Å². The average Bonchev–Trinajstić information content (AvgIpc) is 3.37. The molecule has 1 saturated heterocycles. The van der Waals surface area contributed by atoms with E-state index in [-0.39, 0.29) is 12.5 Å². The largest absolute Gasteiger partial charge is 0.392 e. The van der Waals surface area contributed by atoms with E-state index in [0.29, 0.717) is 17.5 Å². The van der Waals surface area contributed by atoms with Crippen molar-refractivity contribution >= 4 is 11.7 Å². The molecular formula is C21H25N3O2. The second-order valence-electron chi connectivity index (χ2n) is 7.43. The van der Waals surface area contributed by atoms with Crippen LogP contribution in [0.1, 0.15) is 40.7 Å². The molecule has 2 fully saturated rings. The van der Waals surface area contributed by atoms with E-state index in [0.717, 1.165) is 50.2 Å². The van der Waals surface area contributed by atoms with E-state index >= 15 is 0 Å². The Labute approximate surface area is 154 Å². The Balaban J connectivity index is 1.37. The molecule has 5 heteroatoms. The normalized spacial score (nSPS) is 19.6. The van der Waals surface area contributed by atoms with Crippen molar-refractivity contribution < 1.29 is 9.90 Å². The van der Waals surface area contributed by atoms with E-state index in [2.05, 4.69) is 27.3 Å². The molecule has 1 saturated carbocycles. The zero-order valence-electron chi connectivity index (χ0n) is 14.9. The Morgan fingerprint density at radius 2 is 1.92 bits per heavy atom. The van der Waals surface area contributed by atoms with Gasteiger partial charge in [0.25, 0.3) is 5.91 Å². The van der Waals surface area contributed by atoms with Crippen LogP contribution in [0.25, 0.3) is 0 Å². The molecule has 1 aliphatic heterocycles. The molecule has 0 spiro atoms. The number of hydrogen-bond acceptors (Lipinski definition) is 4. The van der Waals surface area contributed by atoms with Gasteiger partial charge in [-0.3, -0.25) is 4.79 Å². The fraction of sp³-hybridized carbons (Fsp3) is 0.429. The molecule has 0 bridgehead atoms. The molecule has 4 rings (SSSR count). The van der Waals surface area contributed by atoms with Crippen LogP contribution in [0.5, 0.6) is 0 Å². The smallest absolute Gasteiger partial charge is 0.251 e. The monoisotopic (exact) mass is 351 g/mol. The van der Waals surface area contributed by atoms with Crippen molar-refractivity contribution in [3.63, 3.8) is 0 Å². The second kappa shape index (κ2) is 7.46. The summed E-state index contributed by atoms with van der Waals surface area (Å²) in [5.74, 6) is 1.49. The number of carbonyl (C=O) groups excluding carboxylic acids is 1. The molecule has 2 aromatic rings. The molecule has 2 aliphatic rings. The van der Waals surface area contributed by atoms with Crippen LogP contribution in [0.3, 0.4) is 0 Å². The molecule has 0 radical (unpaired) electrons. The lowest BCUT2D eigenvalue weighted by atomic mass is 9.98. The van der Waals surface area contributed by atoms with E-state index in [1.807, 2.05) is 18.2 Å². The molecule has 2 heterocycles. The lowest BCUT2D eigenvalue weighted by Gasteiger charge is -2.18. The summed E-state index contributed by atoms with van der Waals surface area (Å²) in [6.07, 6.45) is 6.08. The number of pyridine rings is 1. The highest BCUT2D eigenvalue weighted by molar-refractivity contribution is 5.95. The Morgan fingerprint density at radius 3 is 2.65 bits per heavy atom. The quantitative estimate of drug-likeness (QED) is 0.839. The molecular weight excluding hydrogens is 326 g/mol. The first-order valence-corrected chi connectivity index (χ1v) is 9.42. The van der Waals surface area contributed by atoms with Gasteiger partial charge in [-0.1, -0.05) is 24.3 Å². The summed E-state index contributed by atoms with van der Waals surface area (Å²) < 4.78 is 0. The fourth-order valence-corrected chi connectivity index (χ4v) is 3.55. The Hall–Kier alpha value is -2.40. The van der Waals surface area contributed by atoms with Crippen LogP contribution in [0.4, 0.5) is 5.82 Å². The van der Waals surface area contributed by atoms with E-state index < -0.39 is 0 Å². The number of benzene rings is 1. The van der Waals surface area contributed by atoms with Gasteiger partial charge in [-0.15, -0.1) is 0 Å². The minimum Gasteiger partial charge on any atom is -0.392 e.